The van der Waals surface area contributed by atoms with Gasteiger partial charge in [-0.25, -0.2) is 4.39 Å². The number of hydrogen-bond acceptors (Lipinski definition) is 2. The predicted octanol–water partition coefficient (Wildman–Crippen LogP) is 5.05. The molecule has 0 aromatic heterocycles. The highest BCUT2D eigenvalue weighted by atomic mass is 35.5. The first kappa shape index (κ1) is 23.9. The van der Waals surface area contributed by atoms with Crippen LogP contribution < -0.4 is 5.32 Å². The Labute approximate surface area is 183 Å². The van der Waals surface area contributed by atoms with Crippen molar-refractivity contribution in [3.05, 3.63) is 70.0 Å². The van der Waals surface area contributed by atoms with Gasteiger partial charge in [-0.15, -0.1) is 0 Å². The minimum absolute atomic E-state index is 0.152. The summed E-state index contributed by atoms with van der Waals surface area (Å²) in [6, 6.07) is 11.5. The second-order valence-electron chi connectivity index (χ2n) is 7.45. The number of nitrogens with zero attached hydrogens (tertiary/aromatic N) is 1. The number of amides is 2. The molecule has 0 fully saturated rings. The average Bonchev–Trinajstić information content (AvgIpc) is 2.72. The zero-order chi connectivity index (χ0) is 22.1. The fraction of sp³-hybridized carbons (Fsp3) is 0.417. The quantitative estimate of drug-likeness (QED) is 0.534. The molecule has 0 heterocycles. The lowest BCUT2D eigenvalue weighted by molar-refractivity contribution is -0.141. The molecule has 0 bridgehead atoms. The van der Waals surface area contributed by atoms with Crippen molar-refractivity contribution in [2.75, 3.05) is 6.54 Å². The van der Waals surface area contributed by atoms with Gasteiger partial charge in [0.2, 0.25) is 11.8 Å². The second-order valence-corrected chi connectivity index (χ2v) is 7.86. The van der Waals surface area contributed by atoms with Gasteiger partial charge in [0.15, 0.2) is 0 Å². The number of benzene rings is 2. The normalized spacial score (nSPS) is 11.8. The molecule has 0 aliphatic heterocycles. The van der Waals surface area contributed by atoms with Gasteiger partial charge in [0.05, 0.1) is 6.42 Å². The van der Waals surface area contributed by atoms with Crippen LogP contribution in [0.15, 0.2) is 42.5 Å². The average molecular weight is 433 g/mol. The van der Waals surface area contributed by atoms with Gasteiger partial charge < -0.3 is 10.2 Å². The van der Waals surface area contributed by atoms with Gasteiger partial charge >= 0.3 is 0 Å². The van der Waals surface area contributed by atoms with Gasteiger partial charge in [-0.3, -0.25) is 9.59 Å². The monoisotopic (exact) mass is 432 g/mol. The SMILES string of the molecule is CCCCNC(=O)[C@H](CC)N(Cc1ccc(C)cc1)C(=O)Cc1c(F)cccc1Cl. The van der Waals surface area contributed by atoms with Crippen molar-refractivity contribution in [2.45, 2.75) is 59.0 Å². The first-order valence-electron chi connectivity index (χ1n) is 10.4. The van der Waals surface area contributed by atoms with Gasteiger partial charge in [-0.1, -0.05) is 67.8 Å². The van der Waals surface area contributed by atoms with Crippen molar-refractivity contribution in [3.63, 3.8) is 0 Å². The van der Waals surface area contributed by atoms with E-state index < -0.39 is 11.9 Å². The number of unbranched alkanes of at least 4 members (excludes halogenated alkanes) is 1. The molecule has 0 spiro atoms. The summed E-state index contributed by atoms with van der Waals surface area (Å²) in [4.78, 5) is 27.6. The Morgan fingerprint density at radius 3 is 2.43 bits per heavy atom. The molecule has 30 heavy (non-hydrogen) atoms. The molecule has 4 nitrogen and oxygen atoms in total. The highest BCUT2D eigenvalue weighted by molar-refractivity contribution is 6.31. The fourth-order valence-corrected chi connectivity index (χ4v) is 3.50. The van der Waals surface area contributed by atoms with Crippen LogP contribution in [0.3, 0.4) is 0 Å². The van der Waals surface area contributed by atoms with Crippen LogP contribution in [0.4, 0.5) is 4.39 Å². The Hall–Kier alpha value is -2.40. The molecular formula is C24H30ClFN2O2. The summed E-state index contributed by atoms with van der Waals surface area (Å²) in [5.74, 6) is -1.04. The molecule has 162 valence electrons. The molecule has 2 aromatic rings. The van der Waals surface area contributed by atoms with Crippen molar-refractivity contribution < 1.29 is 14.0 Å². The third kappa shape index (κ3) is 6.56. The number of nitrogens with one attached hydrogen (secondary N) is 1. The summed E-state index contributed by atoms with van der Waals surface area (Å²) in [5, 5.41) is 3.13. The van der Waals surface area contributed by atoms with E-state index in [0.717, 1.165) is 24.0 Å². The fourth-order valence-electron chi connectivity index (χ4n) is 3.27. The van der Waals surface area contributed by atoms with Crippen LogP contribution in [0.5, 0.6) is 0 Å². The molecule has 0 aliphatic rings. The number of hydrogen-bond donors (Lipinski definition) is 1. The second kappa shape index (κ2) is 11.7. The lowest BCUT2D eigenvalue weighted by Gasteiger charge is -2.31. The molecule has 2 aromatic carbocycles. The van der Waals surface area contributed by atoms with E-state index in [0.29, 0.717) is 13.0 Å². The third-order valence-electron chi connectivity index (χ3n) is 5.08. The van der Waals surface area contributed by atoms with Gasteiger partial charge in [-0.2, -0.15) is 0 Å². The van der Waals surface area contributed by atoms with Crippen LogP contribution in [-0.2, 0) is 22.6 Å². The van der Waals surface area contributed by atoms with Gasteiger partial charge in [0.1, 0.15) is 11.9 Å². The van der Waals surface area contributed by atoms with Crippen LogP contribution in [0.1, 0.15) is 49.8 Å². The molecule has 0 unspecified atom stereocenters. The molecule has 0 saturated heterocycles. The standard InChI is InChI=1S/C24H30ClFN2O2/c1-4-6-14-27-24(30)22(5-2)28(16-18-12-10-17(3)11-13-18)23(29)15-19-20(25)8-7-9-21(19)26/h7-13,22H,4-6,14-16H2,1-3H3,(H,27,30)/t22-/m0/s1. The van der Waals surface area contributed by atoms with Crippen molar-refractivity contribution in [1.82, 2.24) is 10.2 Å². The summed E-state index contributed by atoms with van der Waals surface area (Å²) in [5.41, 5.74) is 2.17. The molecule has 2 amide bonds. The van der Waals surface area contributed by atoms with Crippen LogP contribution >= 0.6 is 11.6 Å². The lowest BCUT2D eigenvalue weighted by Crippen LogP contribution is -2.49. The molecule has 1 N–H and O–H groups in total. The van der Waals surface area contributed by atoms with Crippen LogP contribution in [0.25, 0.3) is 0 Å². The van der Waals surface area contributed by atoms with Crippen molar-refractivity contribution in [2.24, 2.45) is 0 Å². The maximum atomic E-state index is 14.3. The first-order valence-corrected chi connectivity index (χ1v) is 10.8. The Morgan fingerprint density at radius 1 is 1.13 bits per heavy atom. The van der Waals surface area contributed by atoms with E-state index in [-0.39, 0.29) is 35.4 Å². The Balaban J connectivity index is 2.29. The molecule has 2 rings (SSSR count). The van der Waals surface area contributed by atoms with E-state index in [1.165, 1.54) is 17.0 Å². The predicted molar refractivity (Wildman–Crippen MR) is 119 cm³/mol. The van der Waals surface area contributed by atoms with Crippen LogP contribution in [0.2, 0.25) is 5.02 Å². The van der Waals surface area contributed by atoms with Crippen molar-refractivity contribution >= 4 is 23.4 Å². The third-order valence-corrected chi connectivity index (χ3v) is 5.43. The summed E-state index contributed by atoms with van der Waals surface area (Å²) >= 11 is 6.13. The number of halogens is 2. The maximum Gasteiger partial charge on any atom is 0.242 e. The minimum atomic E-state index is -0.638. The zero-order valence-electron chi connectivity index (χ0n) is 17.9. The minimum Gasteiger partial charge on any atom is -0.354 e. The first-order chi connectivity index (χ1) is 14.4. The number of aryl methyl sites for hydroxylation is 1. The summed E-state index contributed by atoms with van der Waals surface area (Å²) < 4.78 is 14.3. The number of carbonyl (C=O) groups excluding carboxylic acids is 2. The van der Waals surface area contributed by atoms with E-state index >= 15 is 0 Å². The lowest BCUT2D eigenvalue weighted by atomic mass is 10.1. The molecule has 6 heteroatoms. The molecular weight excluding hydrogens is 403 g/mol. The topological polar surface area (TPSA) is 49.4 Å². The highest BCUT2D eigenvalue weighted by Gasteiger charge is 2.29. The van der Waals surface area contributed by atoms with E-state index in [1.54, 1.807) is 6.07 Å². The van der Waals surface area contributed by atoms with E-state index in [9.17, 15) is 14.0 Å². The van der Waals surface area contributed by atoms with Crippen molar-refractivity contribution in [1.29, 1.82) is 0 Å². The van der Waals surface area contributed by atoms with E-state index in [4.69, 9.17) is 11.6 Å². The maximum absolute atomic E-state index is 14.3. The largest absolute Gasteiger partial charge is 0.354 e. The summed E-state index contributed by atoms with van der Waals surface area (Å²) in [6.45, 7) is 6.75. The van der Waals surface area contributed by atoms with Crippen molar-refractivity contribution in [3.8, 4) is 0 Å². The number of carbonyl (C=O) groups is 2. The smallest absolute Gasteiger partial charge is 0.242 e. The molecule has 1 atom stereocenters. The molecule has 0 aliphatic carbocycles. The van der Waals surface area contributed by atoms with Gasteiger partial charge in [0, 0.05) is 23.7 Å². The molecule has 0 saturated carbocycles. The van der Waals surface area contributed by atoms with Crippen LogP contribution in [0, 0.1) is 12.7 Å². The van der Waals surface area contributed by atoms with Gasteiger partial charge in [-0.05, 0) is 37.5 Å². The van der Waals surface area contributed by atoms with E-state index in [1.807, 2.05) is 38.1 Å². The highest BCUT2D eigenvalue weighted by Crippen LogP contribution is 2.22. The molecule has 0 radical (unpaired) electrons. The zero-order valence-corrected chi connectivity index (χ0v) is 18.6. The summed E-state index contributed by atoms with van der Waals surface area (Å²) in [6.07, 6.45) is 2.10. The Kier molecular flexibility index (Phi) is 9.31. The van der Waals surface area contributed by atoms with Crippen LogP contribution in [-0.4, -0.2) is 29.3 Å². The van der Waals surface area contributed by atoms with Gasteiger partial charge in [0.25, 0.3) is 0 Å². The Morgan fingerprint density at radius 2 is 1.83 bits per heavy atom. The number of rotatable bonds is 10. The summed E-state index contributed by atoms with van der Waals surface area (Å²) in [7, 11) is 0. The Bertz CT molecular complexity index is 835. The van der Waals surface area contributed by atoms with E-state index in [2.05, 4.69) is 12.2 Å².